The Morgan fingerprint density at radius 1 is 1.29 bits per heavy atom. The van der Waals surface area contributed by atoms with Gasteiger partial charge in [-0.15, -0.1) is 0 Å². The topological polar surface area (TPSA) is 46.2 Å². The molecule has 3 N–H and O–H groups in total. The molecule has 0 radical (unpaired) electrons. The number of phenolic OH excluding ortho intramolecular Hbond substituents is 1. The Labute approximate surface area is 84.7 Å². The predicted molar refractivity (Wildman–Crippen MR) is 57.5 cm³/mol. The molecule has 14 heavy (non-hydrogen) atoms. The summed E-state index contributed by atoms with van der Waals surface area (Å²) in [5, 5.41) is 9.76. The van der Waals surface area contributed by atoms with Crippen LogP contribution in [0, 0.1) is 0 Å². The molecule has 1 aliphatic rings. The number of hydrogen-bond donors (Lipinski definition) is 2. The van der Waals surface area contributed by atoms with Crippen molar-refractivity contribution in [2.24, 2.45) is 5.73 Å². The lowest BCUT2D eigenvalue weighted by atomic mass is 9.98. The van der Waals surface area contributed by atoms with E-state index in [4.69, 9.17) is 5.73 Å². The van der Waals surface area contributed by atoms with Gasteiger partial charge in [0.25, 0.3) is 0 Å². The predicted octanol–water partition coefficient (Wildman–Crippen LogP) is 1.77. The van der Waals surface area contributed by atoms with E-state index in [0.717, 1.165) is 24.8 Å². The fourth-order valence-electron chi connectivity index (χ4n) is 2.29. The smallest absolute Gasteiger partial charge is 0.119 e. The van der Waals surface area contributed by atoms with Crippen LogP contribution in [0.5, 0.6) is 5.75 Å². The summed E-state index contributed by atoms with van der Waals surface area (Å²) in [6.45, 7) is 0.698. The van der Waals surface area contributed by atoms with Gasteiger partial charge in [-0.25, -0.2) is 0 Å². The van der Waals surface area contributed by atoms with E-state index in [0.29, 0.717) is 12.3 Å². The van der Waals surface area contributed by atoms with Crippen LogP contribution in [-0.2, 0) is 19.3 Å². The summed E-state index contributed by atoms with van der Waals surface area (Å²) in [5.41, 5.74) is 9.45. The zero-order valence-electron chi connectivity index (χ0n) is 8.42. The van der Waals surface area contributed by atoms with Gasteiger partial charge in [0.15, 0.2) is 0 Å². The van der Waals surface area contributed by atoms with Crippen LogP contribution in [0.15, 0.2) is 12.1 Å². The molecule has 0 atom stereocenters. The molecule has 0 saturated heterocycles. The second-order valence-electron chi connectivity index (χ2n) is 3.95. The number of rotatable bonds is 3. The number of fused-ring (bicyclic) bond motifs is 1. The Balaban J connectivity index is 2.31. The standard InChI is InChI=1S/C12H17NO/c13-8-2-5-11-10-4-1-3-9(10)6-7-12(11)14/h6-7,14H,1-5,8,13H2. The molecule has 2 nitrogen and oxygen atoms in total. The molecule has 1 aliphatic carbocycles. The van der Waals surface area contributed by atoms with Crippen LogP contribution in [0.1, 0.15) is 29.5 Å². The van der Waals surface area contributed by atoms with E-state index in [9.17, 15) is 5.11 Å². The third-order valence-corrected chi connectivity index (χ3v) is 3.01. The summed E-state index contributed by atoms with van der Waals surface area (Å²) in [5.74, 6) is 0.458. The molecule has 0 amide bonds. The van der Waals surface area contributed by atoms with E-state index in [1.54, 1.807) is 0 Å². The van der Waals surface area contributed by atoms with Crippen LogP contribution in [-0.4, -0.2) is 11.7 Å². The maximum absolute atomic E-state index is 9.76. The first-order chi connectivity index (χ1) is 6.83. The molecule has 1 aromatic carbocycles. The van der Waals surface area contributed by atoms with E-state index in [1.807, 2.05) is 6.07 Å². The van der Waals surface area contributed by atoms with E-state index in [-0.39, 0.29) is 0 Å². The summed E-state index contributed by atoms with van der Waals surface area (Å²) in [7, 11) is 0. The summed E-state index contributed by atoms with van der Waals surface area (Å²) in [6.07, 6.45) is 5.42. The minimum absolute atomic E-state index is 0.458. The van der Waals surface area contributed by atoms with Crippen LogP contribution < -0.4 is 5.73 Å². The molecule has 2 heteroatoms. The van der Waals surface area contributed by atoms with E-state index in [1.165, 1.54) is 24.0 Å². The van der Waals surface area contributed by atoms with Gasteiger partial charge in [0.05, 0.1) is 0 Å². The van der Waals surface area contributed by atoms with Gasteiger partial charge in [0.2, 0.25) is 0 Å². The van der Waals surface area contributed by atoms with Gasteiger partial charge in [-0.3, -0.25) is 0 Å². The van der Waals surface area contributed by atoms with Gasteiger partial charge in [0.1, 0.15) is 5.75 Å². The molecule has 2 rings (SSSR count). The summed E-state index contributed by atoms with van der Waals surface area (Å²) < 4.78 is 0. The maximum Gasteiger partial charge on any atom is 0.119 e. The summed E-state index contributed by atoms with van der Waals surface area (Å²) in [4.78, 5) is 0. The van der Waals surface area contributed by atoms with Crippen molar-refractivity contribution in [1.82, 2.24) is 0 Å². The van der Waals surface area contributed by atoms with E-state index >= 15 is 0 Å². The minimum atomic E-state index is 0.458. The highest BCUT2D eigenvalue weighted by Gasteiger charge is 2.16. The van der Waals surface area contributed by atoms with Crippen LogP contribution in [0.4, 0.5) is 0 Å². The SMILES string of the molecule is NCCCc1c(O)ccc2c1CCC2. The van der Waals surface area contributed by atoms with Gasteiger partial charge < -0.3 is 10.8 Å². The number of hydrogen-bond acceptors (Lipinski definition) is 2. The third kappa shape index (κ3) is 1.62. The molecule has 1 aromatic rings. The summed E-state index contributed by atoms with van der Waals surface area (Å²) >= 11 is 0. The van der Waals surface area contributed by atoms with Crippen molar-refractivity contribution in [2.45, 2.75) is 32.1 Å². The van der Waals surface area contributed by atoms with Crippen molar-refractivity contribution < 1.29 is 5.11 Å². The van der Waals surface area contributed by atoms with E-state index < -0.39 is 0 Å². The second kappa shape index (κ2) is 4.01. The van der Waals surface area contributed by atoms with Crippen molar-refractivity contribution in [3.8, 4) is 5.75 Å². The fourth-order valence-corrected chi connectivity index (χ4v) is 2.29. The number of phenols is 1. The molecule has 0 fully saturated rings. The molecule has 0 saturated carbocycles. The van der Waals surface area contributed by atoms with Crippen molar-refractivity contribution in [1.29, 1.82) is 0 Å². The highest BCUT2D eigenvalue weighted by molar-refractivity contribution is 5.46. The molecule has 0 aromatic heterocycles. The Bertz CT molecular complexity index is 333. The summed E-state index contributed by atoms with van der Waals surface area (Å²) in [6, 6.07) is 3.89. The molecule has 0 unspecified atom stereocenters. The van der Waals surface area contributed by atoms with Crippen LogP contribution in [0.25, 0.3) is 0 Å². The van der Waals surface area contributed by atoms with Crippen LogP contribution in [0.2, 0.25) is 0 Å². The van der Waals surface area contributed by atoms with Gasteiger partial charge in [0, 0.05) is 0 Å². The first kappa shape index (κ1) is 9.53. The highest BCUT2D eigenvalue weighted by Crippen LogP contribution is 2.31. The van der Waals surface area contributed by atoms with Gasteiger partial charge in [-0.1, -0.05) is 6.07 Å². The third-order valence-electron chi connectivity index (χ3n) is 3.01. The van der Waals surface area contributed by atoms with Gasteiger partial charge in [-0.2, -0.15) is 0 Å². The Kier molecular flexibility index (Phi) is 2.73. The highest BCUT2D eigenvalue weighted by atomic mass is 16.3. The van der Waals surface area contributed by atoms with Gasteiger partial charge >= 0.3 is 0 Å². The lowest BCUT2D eigenvalue weighted by Gasteiger charge is -2.10. The van der Waals surface area contributed by atoms with E-state index in [2.05, 4.69) is 6.07 Å². The average Bonchev–Trinajstić information content (AvgIpc) is 2.64. The first-order valence-electron chi connectivity index (χ1n) is 5.35. The fraction of sp³-hybridized carbons (Fsp3) is 0.500. The molecule has 0 spiro atoms. The van der Waals surface area contributed by atoms with Crippen LogP contribution in [0.3, 0.4) is 0 Å². The number of aryl methyl sites for hydroxylation is 1. The number of benzene rings is 1. The van der Waals surface area contributed by atoms with Crippen LogP contribution >= 0.6 is 0 Å². The van der Waals surface area contributed by atoms with Crippen molar-refractivity contribution in [3.63, 3.8) is 0 Å². The molecule has 0 aliphatic heterocycles. The average molecular weight is 191 g/mol. The monoisotopic (exact) mass is 191 g/mol. The molecule has 0 heterocycles. The number of aromatic hydroxyl groups is 1. The lowest BCUT2D eigenvalue weighted by molar-refractivity contribution is 0.466. The van der Waals surface area contributed by atoms with Crippen molar-refractivity contribution in [2.75, 3.05) is 6.54 Å². The quantitative estimate of drug-likeness (QED) is 0.765. The Morgan fingerprint density at radius 3 is 2.93 bits per heavy atom. The molecular weight excluding hydrogens is 174 g/mol. The lowest BCUT2D eigenvalue weighted by Crippen LogP contribution is -2.02. The number of nitrogens with two attached hydrogens (primary N) is 1. The Morgan fingerprint density at radius 2 is 2.14 bits per heavy atom. The molecular formula is C12H17NO. The molecule has 0 bridgehead atoms. The van der Waals surface area contributed by atoms with Crippen molar-refractivity contribution in [3.05, 3.63) is 28.8 Å². The Hall–Kier alpha value is -1.02. The van der Waals surface area contributed by atoms with Gasteiger partial charge in [-0.05, 0) is 61.4 Å². The normalized spacial score (nSPS) is 14.4. The first-order valence-corrected chi connectivity index (χ1v) is 5.35. The maximum atomic E-state index is 9.76. The second-order valence-corrected chi connectivity index (χ2v) is 3.95. The minimum Gasteiger partial charge on any atom is -0.508 e. The zero-order valence-corrected chi connectivity index (χ0v) is 8.42. The largest absolute Gasteiger partial charge is 0.508 e. The molecule has 76 valence electrons. The zero-order chi connectivity index (χ0) is 9.97. The van der Waals surface area contributed by atoms with Crippen molar-refractivity contribution >= 4 is 0 Å².